The summed E-state index contributed by atoms with van der Waals surface area (Å²) in [7, 11) is 0. The summed E-state index contributed by atoms with van der Waals surface area (Å²) in [6, 6.07) is 5.80. The Morgan fingerprint density at radius 3 is 2.74 bits per heavy atom. The molecule has 5 rings (SSSR count). The van der Waals surface area contributed by atoms with E-state index in [1.54, 1.807) is 6.92 Å². The molecule has 1 unspecified atom stereocenters. The van der Waals surface area contributed by atoms with Crippen LogP contribution >= 0.6 is 0 Å². The Hall–Kier alpha value is -2.12. The molecule has 2 bridgehead atoms. The molecule has 0 saturated carbocycles. The van der Waals surface area contributed by atoms with Gasteiger partial charge < -0.3 is 19.3 Å². The predicted octanol–water partition coefficient (Wildman–Crippen LogP) is 2.53. The van der Waals surface area contributed by atoms with Gasteiger partial charge in [-0.25, -0.2) is 0 Å². The first kappa shape index (κ1) is 19.6. The Balaban J connectivity index is 0.00000210. The number of rotatable bonds is 5. The number of hydrogen-bond acceptors (Lipinski definition) is 6. The lowest BCUT2D eigenvalue weighted by atomic mass is 9.76. The van der Waals surface area contributed by atoms with Crippen molar-refractivity contribution < 1.29 is 14.4 Å². The second kappa shape index (κ2) is 7.86. The number of ether oxygens (including phenoxy) is 1. The molecule has 1 N–H and O–H groups in total. The van der Waals surface area contributed by atoms with Gasteiger partial charge in [0, 0.05) is 26.1 Å². The van der Waals surface area contributed by atoms with Crippen LogP contribution in [0.25, 0.3) is 17.5 Å². The molecule has 3 aliphatic rings. The smallest absolute Gasteiger partial charge is 0.257 e. The Morgan fingerprint density at radius 1 is 1.37 bits per heavy atom. The van der Waals surface area contributed by atoms with Crippen LogP contribution in [0.2, 0.25) is 0 Å². The summed E-state index contributed by atoms with van der Waals surface area (Å²) in [5.74, 6) is 2.19. The molecule has 1 aromatic heterocycles. The minimum absolute atomic E-state index is 0. The van der Waals surface area contributed by atoms with Crippen LogP contribution in [0, 0.1) is 12.8 Å². The lowest BCUT2D eigenvalue weighted by molar-refractivity contribution is -0.131. The highest BCUT2D eigenvalue weighted by Crippen LogP contribution is 2.36. The summed E-state index contributed by atoms with van der Waals surface area (Å²) in [5, 5.41) is 14.9. The Kier molecular flexibility index (Phi) is 5.72. The fourth-order valence-corrected chi connectivity index (χ4v) is 4.05. The number of aryl methyl sites for hydroxylation is 1. The molecule has 3 aliphatic heterocycles. The van der Waals surface area contributed by atoms with Crippen molar-refractivity contribution >= 4 is 14.5 Å². The molecule has 1 aromatic carbocycles. The highest BCUT2D eigenvalue weighted by Gasteiger charge is 2.46. The fourth-order valence-electron chi connectivity index (χ4n) is 4.05. The van der Waals surface area contributed by atoms with Gasteiger partial charge in [0.1, 0.15) is 18.0 Å². The zero-order chi connectivity index (χ0) is 18.1. The molecular weight excluding hydrogens is 341 g/mol. The SMILES string of the molecule is C/C=C\c1cc(-c2nc(C)no2)ccc1OCC1(O)CN2CCC1CC2.[B]. The lowest BCUT2D eigenvalue weighted by Gasteiger charge is -2.50. The van der Waals surface area contributed by atoms with Crippen LogP contribution in [-0.2, 0) is 0 Å². The number of fused-ring (bicyclic) bond motifs is 3. The topological polar surface area (TPSA) is 71.6 Å². The van der Waals surface area contributed by atoms with Gasteiger partial charge in [0.15, 0.2) is 5.82 Å². The van der Waals surface area contributed by atoms with Crippen molar-refractivity contribution in [2.75, 3.05) is 26.2 Å². The maximum atomic E-state index is 11.1. The van der Waals surface area contributed by atoms with E-state index < -0.39 is 5.60 Å². The van der Waals surface area contributed by atoms with Crippen molar-refractivity contribution in [3.05, 3.63) is 35.7 Å². The summed E-state index contributed by atoms with van der Waals surface area (Å²) in [6.07, 6.45) is 6.06. The first-order valence-electron chi connectivity index (χ1n) is 9.22. The molecule has 7 heteroatoms. The van der Waals surface area contributed by atoms with E-state index >= 15 is 0 Å². The minimum Gasteiger partial charge on any atom is -0.490 e. The molecule has 2 aromatic rings. The van der Waals surface area contributed by atoms with E-state index in [1.165, 1.54) is 0 Å². The summed E-state index contributed by atoms with van der Waals surface area (Å²) in [5.41, 5.74) is 1.03. The molecule has 27 heavy (non-hydrogen) atoms. The van der Waals surface area contributed by atoms with E-state index in [-0.39, 0.29) is 8.41 Å². The van der Waals surface area contributed by atoms with Crippen LogP contribution in [-0.4, -0.2) is 60.4 Å². The minimum atomic E-state index is -0.758. The molecule has 3 saturated heterocycles. The number of aliphatic hydroxyl groups is 1. The molecule has 0 amide bonds. The van der Waals surface area contributed by atoms with E-state index in [9.17, 15) is 5.11 Å². The van der Waals surface area contributed by atoms with E-state index in [2.05, 4.69) is 15.0 Å². The lowest BCUT2D eigenvalue weighted by Crippen LogP contribution is -2.61. The fraction of sp³-hybridized carbons (Fsp3) is 0.500. The molecule has 6 nitrogen and oxygen atoms in total. The monoisotopic (exact) mass is 366 g/mol. The van der Waals surface area contributed by atoms with Crippen LogP contribution in [0.5, 0.6) is 5.75 Å². The van der Waals surface area contributed by atoms with Gasteiger partial charge in [-0.1, -0.05) is 17.3 Å². The second-order valence-electron chi connectivity index (χ2n) is 7.34. The first-order valence-corrected chi connectivity index (χ1v) is 9.22. The standard InChI is InChI=1S/C20H25N3O3.B/c1-3-4-15-11-16(19-21-14(2)22-26-19)5-6-18(15)25-13-20(24)12-23-9-7-17(20)8-10-23;/h3-6,11,17,24H,7-10,12-13H2,1-2H3;/b4-3-;. The quantitative estimate of drug-likeness (QED) is 0.820. The predicted molar refractivity (Wildman–Crippen MR) is 105 cm³/mol. The normalized spacial score (nSPS) is 26.9. The highest BCUT2D eigenvalue weighted by molar-refractivity contribution is 5.75. The average molecular weight is 366 g/mol. The van der Waals surface area contributed by atoms with Crippen molar-refractivity contribution in [2.45, 2.75) is 32.3 Å². The maximum Gasteiger partial charge on any atom is 0.257 e. The van der Waals surface area contributed by atoms with Crippen molar-refractivity contribution in [3.8, 4) is 17.2 Å². The first-order chi connectivity index (χ1) is 12.6. The van der Waals surface area contributed by atoms with Crippen LogP contribution in [0.4, 0.5) is 0 Å². The van der Waals surface area contributed by atoms with Crippen molar-refractivity contribution in [1.29, 1.82) is 0 Å². The third kappa shape index (κ3) is 3.94. The van der Waals surface area contributed by atoms with E-state index in [0.29, 0.717) is 30.8 Å². The van der Waals surface area contributed by atoms with Gasteiger partial charge in [-0.15, -0.1) is 0 Å². The number of benzene rings is 1. The maximum absolute atomic E-state index is 11.1. The number of hydrogen-bond donors (Lipinski definition) is 1. The third-order valence-corrected chi connectivity index (χ3v) is 5.45. The van der Waals surface area contributed by atoms with Crippen molar-refractivity contribution in [3.63, 3.8) is 0 Å². The van der Waals surface area contributed by atoms with E-state index in [1.807, 2.05) is 37.3 Å². The zero-order valence-corrected chi connectivity index (χ0v) is 15.9. The molecule has 4 heterocycles. The number of allylic oxidation sites excluding steroid dienone is 1. The summed E-state index contributed by atoms with van der Waals surface area (Å²) < 4.78 is 11.3. The van der Waals surface area contributed by atoms with E-state index in [4.69, 9.17) is 9.26 Å². The van der Waals surface area contributed by atoms with Crippen LogP contribution < -0.4 is 4.74 Å². The van der Waals surface area contributed by atoms with Gasteiger partial charge in [-0.05, 0) is 63.9 Å². The van der Waals surface area contributed by atoms with Gasteiger partial charge in [-0.3, -0.25) is 0 Å². The molecule has 3 radical (unpaired) electrons. The highest BCUT2D eigenvalue weighted by atomic mass is 16.5. The molecule has 3 fully saturated rings. The third-order valence-electron chi connectivity index (χ3n) is 5.45. The van der Waals surface area contributed by atoms with Gasteiger partial charge in [0.2, 0.25) is 0 Å². The van der Waals surface area contributed by atoms with Gasteiger partial charge >= 0.3 is 0 Å². The largest absolute Gasteiger partial charge is 0.490 e. The van der Waals surface area contributed by atoms with Crippen molar-refractivity contribution in [2.24, 2.45) is 5.92 Å². The van der Waals surface area contributed by atoms with Gasteiger partial charge in [0.25, 0.3) is 5.89 Å². The zero-order valence-electron chi connectivity index (χ0n) is 15.9. The average Bonchev–Trinajstić information content (AvgIpc) is 3.08. The molecule has 141 valence electrons. The molecule has 0 aliphatic carbocycles. The van der Waals surface area contributed by atoms with Gasteiger partial charge in [-0.2, -0.15) is 4.98 Å². The Bertz CT molecular complexity index is 815. The molecule has 0 spiro atoms. The summed E-state index contributed by atoms with van der Waals surface area (Å²) in [4.78, 5) is 6.61. The van der Waals surface area contributed by atoms with Crippen LogP contribution in [0.3, 0.4) is 0 Å². The van der Waals surface area contributed by atoms with Crippen molar-refractivity contribution in [1.82, 2.24) is 15.0 Å². The second-order valence-corrected chi connectivity index (χ2v) is 7.34. The number of aromatic nitrogens is 2. The summed E-state index contributed by atoms with van der Waals surface area (Å²) >= 11 is 0. The Labute approximate surface area is 161 Å². The van der Waals surface area contributed by atoms with Gasteiger partial charge in [0.05, 0.1) is 0 Å². The number of nitrogens with zero attached hydrogens (tertiary/aromatic N) is 3. The number of piperidine rings is 3. The molecular formula is C20H25BN3O3. The summed E-state index contributed by atoms with van der Waals surface area (Å²) in [6.45, 7) is 6.97. The van der Waals surface area contributed by atoms with Crippen LogP contribution in [0.15, 0.2) is 28.8 Å². The van der Waals surface area contributed by atoms with E-state index in [0.717, 1.165) is 42.8 Å². The van der Waals surface area contributed by atoms with Crippen LogP contribution in [0.1, 0.15) is 31.2 Å². The molecule has 1 atom stereocenters. The Morgan fingerprint density at radius 2 is 2.15 bits per heavy atom.